The van der Waals surface area contributed by atoms with Gasteiger partial charge in [-0.2, -0.15) is 5.26 Å². The number of ether oxygens (including phenoxy) is 1. The Kier molecular flexibility index (Phi) is 4.92. The van der Waals surface area contributed by atoms with Crippen LogP contribution in [0.4, 0.5) is 4.39 Å². The molecule has 0 saturated carbocycles. The minimum atomic E-state index is -0.526. The van der Waals surface area contributed by atoms with E-state index < -0.39 is 5.82 Å². The van der Waals surface area contributed by atoms with Crippen molar-refractivity contribution < 1.29 is 13.9 Å². The van der Waals surface area contributed by atoms with Crippen LogP contribution in [-0.4, -0.2) is 12.9 Å². The second kappa shape index (κ2) is 6.89. The summed E-state index contributed by atoms with van der Waals surface area (Å²) in [6.07, 6.45) is 0. The van der Waals surface area contributed by atoms with Gasteiger partial charge < -0.3 is 4.74 Å². The van der Waals surface area contributed by atoms with Crippen LogP contribution in [0.15, 0.2) is 42.5 Å². The van der Waals surface area contributed by atoms with Gasteiger partial charge in [0, 0.05) is 5.57 Å². The van der Waals surface area contributed by atoms with Gasteiger partial charge in [-0.3, -0.25) is 4.79 Å². The van der Waals surface area contributed by atoms with Gasteiger partial charge in [0.2, 0.25) is 0 Å². The van der Waals surface area contributed by atoms with Gasteiger partial charge in [0.05, 0.1) is 18.7 Å². The summed E-state index contributed by atoms with van der Waals surface area (Å²) in [7, 11) is 1.39. The molecule has 3 nitrogen and oxygen atoms in total. The van der Waals surface area contributed by atoms with Gasteiger partial charge in [0.15, 0.2) is 17.3 Å². The van der Waals surface area contributed by atoms with E-state index in [1.165, 1.54) is 26.2 Å². The number of ketones is 1. The van der Waals surface area contributed by atoms with Crippen LogP contribution in [-0.2, 0) is 4.79 Å². The lowest BCUT2D eigenvalue weighted by molar-refractivity contribution is -0.111. The number of hydrogen-bond acceptors (Lipinski definition) is 3. The molecule has 0 fully saturated rings. The van der Waals surface area contributed by atoms with Crippen molar-refractivity contribution in [3.05, 3.63) is 65.0 Å². The third-order valence-corrected chi connectivity index (χ3v) is 3.59. The fourth-order valence-electron chi connectivity index (χ4n) is 2.47. The molecule has 23 heavy (non-hydrogen) atoms. The molecule has 4 heteroatoms. The number of hydrogen-bond donors (Lipinski definition) is 0. The summed E-state index contributed by atoms with van der Waals surface area (Å²) in [6, 6.07) is 13.5. The van der Waals surface area contributed by atoms with E-state index in [1.807, 2.05) is 6.07 Å². The van der Waals surface area contributed by atoms with Crippen LogP contribution in [0, 0.1) is 17.1 Å². The Morgan fingerprint density at radius 1 is 1.13 bits per heavy atom. The van der Waals surface area contributed by atoms with E-state index in [4.69, 9.17) is 10.00 Å². The molecule has 0 aliphatic carbocycles. The van der Waals surface area contributed by atoms with Crippen LogP contribution in [0.2, 0.25) is 0 Å². The van der Waals surface area contributed by atoms with Crippen molar-refractivity contribution in [1.29, 1.82) is 5.26 Å². The van der Waals surface area contributed by atoms with Crippen molar-refractivity contribution >= 4 is 16.9 Å². The summed E-state index contributed by atoms with van der Waals surface area (Å²) in [6.45, 7) is 3.23. The molecule has 0 amide bonds. The fraction of sp³-hybridized carbons (Fsp3) is 0.158. The Bertz CT molecular complexity index is 832. The zero-order valence-corrected chi connectivity index (χ0v) is 13.2. The van der Waals surface area contributed by atoms with Crippen LogP contribution in [0.5, 0.6) is 5.75 Å². The average Bonchev–Trinajstić information content (AvgIpc) is 2.55. The van der Waals surface area contributed by atoms with Crippen LogP contribution in [0.1, 0.15) is 30.5 Å². The second-order valence-electron chi connectivity index (χ2n) is 5.10. The molecule has 0 saturated heterocycles. The maximum Gasteiger partial charge on any atom is 0.165 e. The van der Waals surface area contributed by atoms with Gasteiger partial charge in [-0.1, -0.05) is 18.2 Å². The second-order valence-corrected chi connectivity index (χ2v) is 5.10. The normalized spacial score (nSPS) is 11.4. The smallest absolute Gasteiger partial charge is 0.165 e. The van der Waals surface area contributed by atoms with Crippen molar-refractivity contribution in [1.82, 2.24) is 0 Å². The van der Waals surface area contributed by atoms with Crippen molar-refractivity contribution in [3.63, 3.8) is 0 Å². The number of benzene rings is 2. The van der Waals surface area contributed by atoms with Gasteiger partial charge in [-0.25, -0.2) is 4.39 Å². The summed E-state index contributed by atoms with van der Waals surface area (Å²) >= 11 is 0. The van der Waals surface area contributed by atoms with Crippen molar-refractivity contribution in [3.8, 4) is 11.8 Å². The lowest BCUT2D eigenvalue weighted by atomic mass is 9.92. The number of methoxy groups -OCH3 is 1. The van der Waals surface area contributed by atoms with E-state index in [-0.39, 0.29) is 11.5 Å². The lowest BCUT2D eigenvalue weighted by Gasteiger charge is -2.12. The van der Waals surface area contributed by atoms with Gasteiger partial charge >= 0.3 is 0 Å². The predicted molar refractivity (Wildman–Crippen MR) is 87.3 cm³/mol. The number of nitriles is 1. The summed E-state index contributed by atoms with van der Waals surface area (Å²) in [5.74, 6) is -0.572. The number of nitrogens with zero attached hydrogens (tertiary/aromatic N) is 1. The highest BCUT2D eigenvalue weighted by molar-refractivity contribution is 6.26. The molecule has 116 valence electrons. The van der Waals surface area contributed by atoms with Crippen LogP contribution in [0.25, 0.3) is 11.1 Å². The van der Waals surface area contributed by atoms with Crippen molar-refractivity contribution in [2.45, 2.75) is 13.8 Å². The Morgan fingerprint density at radius 2 is 1.87 bits per heavy atom. The third-order valence-electron chi connectivity index (χ3n) is 3.59. The van der Waals surface area contributed by atoms with Crippen LogP contribution >= 0.6 is 0 Å². The number of halogens is 1. The number of carbonyl (C=O) groups is 1. The number of carbonyl (C=O) groups excluding carboxylic acids is 1. The minimum absolute atomic E-state index is 0.126. The Labute approximate surface area is 134 Å². The zero-order chi connectivity index (χ0) is 17.0. The first-order chi connectivity index (χ1) is 11.0. The molecule has 2 rings (SSSR count). The zero-order valence-electron chi connectivity index (χ0n) is 13.2. The average molecular weight is 309 g/mol. The first kappa shape index (κ1) is 16.4. The predicted octanol–water partition coefficient (Wildman–Crippen LogP) is 4.23. The first-order valence-corrected chi connectivity index (χ1v) is 7.04. The molecular formula is C19H16FNO2. The van der Waals surface area contributed by atoms with E-state index in [0.717, 1.165) is 5.56 Å². The molecule has 0 atom stereocenters. The van der Waals surface area contributed by atoms with E-state index in [1.54, 1.807) is 31.2 Å². The topological polar surface area (TPSA) is 50.1 Å². The summed E-state index contributed by atoms with van der Waals surface area (Å²) in [4.78, 5) is 12.1. The number of rotatable bonds is 4. The van der Waals surface area contributed by atoms with E-state index in [0.29, 0.717) is 22.3 Å². The van der Waals surface area contributed by atoms with Gasteiger partial charge in [-0.05, 0) is 54.8 Å². The molecule has 0 aliphatic heterocycles. The highest BCUT2D eigenvalue weighted by Gasteiger charge is 2.15. The maximum absolute atomic E-state index is 14.0. The summed E-state index contributed by atoms with van der Waals surface area (Å²) in [5, 5.41) is 9.01. The summed E-state index contributed by atoms with van der Waals surface area (Å²) < 4.78 is 18.9. The molecular weight excluding hydrogens is 293 g/mol. The van der Waals surface area contributed by atoms with Gasteiger partial charge in [0.25, 0.3) is 0 Å². The molecule has 0 bridgehead atoms. The van der Waals surface area contributed by atoms with E-state index in [2.05, 4.69) is 6.07 Å². The Hall–Kier alpha value is -2.93. The molecule has 2 aromatic carbocycles. The minimum Gasteiger partial charge on any atom is -0.494 e. The molecule has 0 heterocycles. The lowest BCUT2D eigenvalue weighted by Crippen LogP contribution is -2.01. The van der Waals surface area contributed by atoms with E-state index >= 15 is 0 Å². The van der Waals surface area contributed by atoms with Gasteiger partial charge in [-0.15, -0.1) is 0 Å². The maximum atomic E-state index is 14.0. The highest BCUT2D eigenvalue weighted by atomic mass is 19.1. The molecule has 0 N–H and O–H groups in total. The van der Waals surface area contributed by atoms with Crippen molar-refractivity contribution in [2.75, 3.05) is 7.11 Å². The quantitative estimate of drug-likeness (QED) is 0.627. The number of allylic oxidation sites excluding steroid dienone is 2. The molecule has 0 unspecified atom stereocenters. The Morgan fingerprint density at radius 3 is 2.43 bits per heavy atom. The van der Waals surface area contributed by atoms with Crippen LogP contribution in [0.3, 0.4) is 0 Å². The number of Topliss-reactive ketones (excluding diaryl/α,β-unsaturated/α-hetero) is 1. The molecule has 0 aliphatic rings. The van der Waals surface area contributed by atoms with Gasteiger partial charge in [0.1, 0.15) is 0 Å². The Balaban J connectivity index is 2.63. The first-order valence-electron chi connectivity index (χ1n) is 7.04. The molecule has 0 radical (unpaired) electrons. The standard InChI is InChI=1S/C19H16FNO2/c1-12(15-6-4-5-14(9-15)11-21)19(13(2)22)16-7-8-18(23-3)17(20)10-16/h4-10H,1-3H3. The molecule has 2 aromatic rings. The third kappa shape index (κ3) is 3.46. The largest absolute Gasteiger partial charge is 0.494 e. The molecule has 0 spiro atoms. The monoisotopic (exact) mass is 309 g/mol. The van der Waals surface area contributed by atoms with E-state index in [9.17, 15) is 9.18 Å². The van der Waals surface area contributed by atoms with Crippen molar-refractivity contribution in [2.24, 2.45) is 0 Å². The molecule has 0 aromatic heterocycles. The SMILES string of the molecule is COc1ccc(C(C(C)=O)=C(C)c2cccc(C#N)c2)cc1F. The van der Waals surface area contributed by atoms with Crippen LogP contribution < -0.4 is 4.74 Å². The summed E-state index contributed by atoms with van der Waals surface area (Å²) in [5.41, 5.74) is 2.85. The fourth-order valence-corrected chi connectivity index (χ4v) is 2.47. The highest BCUT2D eigenvalue weighted by Crippen LogP contribution is 2.30.